The minimum absolute atomic E-state index is 0.0680. The first-order chi connectivity index (χ1) is 7.92. The fourth-order valence-electron chi connectivity index (χ4n) is 0.919. The van der Waals surface area contributed by atoms with Crippen LogP contribution in [0.25, 0.3) is 0 Å². The molecule has 0 saturated carbocycles. The van der Waals surface area contributed by atoms with Crippen molar-refractivity contribution in [3.63, 3.8) is 0 Å². The molecule has 1 rings (SSSR count). The summed E-state index contributed by atoms with van der Waals surface area (Å²) in [6, 6.07) is 4.50. The van der Waals surface area contributed by atoms with Crippen LogP contribution in [-0.2, 0) is 0 Å². The van der Waals surface area contributed by atoms with Gasteiger partial charge in [-0.05, 0) is 37.1 Å². The quantitative estimate of drug-likeness (QED) is 0.727. The number of nitriles is 1. The van der Waals surface area contributed by atoms with Gasteiger partial charge < -0.3 is 4.74 Å². The summed E-state index contributed by atoms with van der Waals surface area (Å²) >= 11 is 0. The Hall–Kier alpha value is -1.96. The molecule has 2 nitrogen and oxygen atoms in total. The molecule has 0 heterocycles. The predicted octanol–water partition coefficient (Wildman–Crippen LogP) is 4.25. The van der Waals surface area contributed by atoms with E-state index in [2.05, 4.69) is 4.74 Å². The van der Waals surface area contributed by atoms with Crippen LogP contribution in [0.3, 0.4) is 0 Å². The van der Waals surface area contributed by atoms with E-state index in [1.54, 1.807) is 19.1 Å². The highest BCUT2D eigenvalue weighted by molar-refractivity contribution is 5.34. The van der Waals surface area contributed by atoms with E-state index in [0.717, 1.165) is 11.1 Å². The highest BCUT2D eigenvalue weighted by Crippen LogP contribution is 2.21. The SMILES string of the molecule is CC#N.Cc1ccc(OC(F)=C(F)F)cc1C. The third kappa shape index (κ3) is 5.61. The van der Waals surface area contributed by atoms with Crippen LogP contribution < -0.4 is 4.74 Å². The third-order valence-electron chi connectivity index (χ3n) is 1.83. The van der Waals surface area contributed by atoms with Crippen molar-refractivity contribution in [1.82, 2.24) is 0 Å². The Bertz CT molecular complexity index is 446. The van der Waals surface area contributed by atoms with E-state index < -0.39 is 12.1 Å². The largest absolute Gasteiger partial charge is 0.428 e. The topological polar surface area (TPSA) is 33.0 Å². The smallest absolute Gasteiger partial charge is 0.344 e. The number of aryl methyl sites for hydroxylation is 2. The van der Waals surface area contributed by atoms with Crippen LogP contribution >= 0.6 is 0 Å². The standard InChI is InChI=1S/C10H9F3O.C2H3N/c1-6-3-4-8(5-7(6)2)14-10(13)9(11)12;1-2-3/h3-5H,1-2H3;1H3. The van der Waals surface area contributed by atoms with Crippen molar-refractivity contribution < 1.29 is 17.9 Å². The summed E-state index contributed by atoms with van der Waals surface area (Å²) in [7, 11) is 0. The van der Waals surface area contributed by atoms with E-state index >= 15 is 0 Å². The summed E-state index contributed by atoms with van der Waals surface area (Å²) in [5, 5.41) is 7.32. The van der Waals surface area contributed by atoms with Crippen LogP contribution in [0.15, 0.2) is 30.3 Å². The van der Waals surface area contributed by atoms with Crippen molar-refractivity contribution in [2.45, 2.75) is 20.8 Å². The van der Waals surface area contributed by atoms with Crippen LogP contribution in [0.4, 0.5) is 13.2 Å². The van der Waals surface area contributed by atoms with Crippen LogP contribution in [-0.4, -0.2) is 0 Å². The Balaban J connectivity index is 0.000000770. The van der Waals surface area contributed by atoms with Gasteiger partial charge in [0.1, 0.15) is 5.75 Å². The molecule has 1 aromatic carbocycles. The second kappa shape index (κ2) is 7.34. The number of halogens is 3. The van der Waals surface area contributed by atoms with Gasteiger partial charge in [-0.1, -0.05) is 6.07 Å². The first kappa shape index (κ1) is 15.0. The van der Waals surface area contributed by atoms with Crippen molar-refractivity contribution in [3.05, 3.63) is 41.4 Å². The minimum Gasteiger partial charge on any atom is -0.428 e. The van der Waals surface area contributed by atoms with Crippen molar-refractivity contribution in [3.8, 4) is 11.8 Å². The molecule has 0 unspecified atom stereocenters. The molecule has 0 N–H and O–H groups in total. The second-order valence-electron chi connectivity index (χ2n) is 3.11. The van der Waals surface area contributed by atoms with Crippen LogP contribution in [0.5, 0.6) is 5.75 Å². The maximum atomic E-state index is 12.4. The molecule has 0 aliphatic carbocycles. The van der Waals surface area contributed by atoms with Crippen LogP contribution in [0.1, 0.15) is 18.1 Å². The lowest BCUT2D eigenvalue weighted by molar-refractivity contribution is 0.241. The van der Waals surface area contributed by atoms with E-state index in [1.807, 2.05) is 6.92 Å². The van der Waals surface area contributed by atoms with Crippen LogP contribution in [0, 0.1) is 25.2 Å². The summed E-state index contributed by atoms with van der Waals surface area (Å²) in [5.74, 6) is 0.0680. The van der Waals surface area contributed by atoms with E-state index in [1.165, 1.54) is 19.1 Å². The van der Waals surface area contributed by atoms with Gasteiger partial charge in [-0.2, -0.15) is 18.4 Å². The summed E-state index contributed by atoms with van der Waals surface area (Å²) in [6.45, 7) is 5.08. The highest BCUT2D eigenvalue weighted by atomic mass is 19.3. The molecule has 0 atom stereocenters. The Morgan fingerprint density at radius 3 is 2.12 bits per heavy atom. The van der Waals surface area contributed by atoms with E-state index in [4.69, 9.17) is 5.26 Å². The maximum absolute atomic E-state index is 12.4. The van der Waals surface area contributed by atoms with E-state index in [9.17, 15) is 13.2 Å². The predicted molar refractivity (Wildman–Crippen MR) is 58.2 cm³/mol. The lowest BCUT2D eigenvalue weighted by atomic mass is 10.1. The Kier molecular flexibility index (Phi) is 6.49. The van der Waals surface area contributed by atoms with E-state index in [-0.39, 0.29) is 5.75 Å². The zero-order valence-corrected chi connectivity index (χ0v) is 9.72. The number of hydrogen-bond donors (Lipinski definition) is 0. The van der Waals surface area contributed by atoms with Gasteiger partial charge in [0, 0.05) is 6.92 Å². The van der Waals surface area contributed by atoms with Gasteiger partial charge in [-0.3, -0.25) is 0 Å². The average Bonchev–Trinajstić information content (AvgIpc) is 2.24. The molecule has 0 aromatic heterocycles. The van der Waals surface area contributed by atoms with Crippen molar-refractivity contribution >= 4 is 0 Å². The third-order valence-corrected chi connectivity index (χ3v) is 1.83. The molecular weight excluding hydrogens is 231 g/mol. The van der Waals surface area contributed by atoms with Gasteiger partial charge in [-0.15, -0.1) is 0 Å². The molecule has 0 bridgehead atoms. The van der Waals surface area contributed by atoms with Crippen molar-refractivity contribution in [1.29, 1.82) is 5.26 Å². The monoisotopic (exact) mass is 243 g/mol. The fourth-order valence-corrected chi connectivity index (χ4v) is 0.919. The average molecular weight is 243 g/mol. The molecule has 0 spiro atoms. The normalized spacial score (nSPS) is 8.53. The number of hydrogen-bond acceptors (Lipinski definition) is 2. The lowest BCUT2D eigenvalue weighted by Crippen LogP contribution is -1.91. The zero-order valence-electron chi connectivity index (χ0n) is 9.72. The summed E-state index contributed by atoms with van der Waals surface area (Å²) in [5.41, 5.74) is 1.84. The molecule has 0 fully saturated rings. The molecule has 0 aliphatic heterocycles. The number of nitrogens with zero attached hydrogens (tertiary/aromatic N) is 1. The number of ether oxygens (including phenoxy) is 1. The van der Waals surface area contributed by atoms with Gasteiger partial charge in [0.15, 0.2) is 0 Å². The first-order valence-corrected chi connectivity index (χ1v) is 4.69. The van der Waals surface area contributed by atoms with Gasteiger partial charge in [0.2, 0.25) is 0 Å². The number of rotatable bonds is 2. The van der Waals surface area contributed by atoms with Crippen molar-refractivity contribution in [2.24, 2.45) is 0 Å². The fraction of sp³-hybridized carbons (Fsp3) is 0.250. The Morgan fingerprint density at radius 2 is 1.71 bits per heavy atom. The molecule has 0 saturated heterocycles. The Labute approximate surface area is 97.9 Å². The van der Waals surface area contributed by atoms with Gasteiger partial charge in [-0.25, -0.2) is 0 Å². The van der Waals surface area contributed by atoms with Gasteiger partial charge in [0.05, 0.1) is 6.07 Å². The van der Waals surface area contributed by atoms with Crippen molar-refractivity contribution in [2.75, 3.05) is 0 Å². The molecule has 5 heteroatoms. The molecule has 0 amide bonds. The zero-order chi connectivity index (χ0) is 13.4. The molecule has 17 heavy (non-hydrogen) atoms. The van der Waals surface area contributed by atoms with E-state index in [0.29, 0.717) is 0 Å². The minimum atomic E-state index is -2.46. The molecule has 1 aromatic rings. The molecule has 92 valence electrons. The second-order valence-corrected chi connectivity index (χ2v) is 3.11. The Morgan fingerprint density at radius 1 is 1.18 bits per heavy atom. The lowest BCUT2D eigenvalue weighted by Gasteiger charge is -2.04. The highest BCUT2D eigenvalue weighted by Gasteiger charge is 2.07. The summed E-state index contributed by atoms with van der Waals surface area (Å²) < 4.78 is 40.0. The number of benzene rings is 1. The maximum Gasteiger partial charge on any atom is 0.344 e. The first-order valence-electron chi connectivity index (χ1n) is 4.69. The molecular formula is C12H12F3NO. The molecule has 0 aliphatic rings. The van der Waals surface area contributed by atoms with Crippen LogP contribution in [0.2, 0.25) is 0 Å². The summed E-state index contributed by atoms with van der Waals surface area (Å²) in [6.07, 6.45) is -2.46. The molecule has 0 radical (unpaired) electrons. The van der Waals surface area contributed by atoms with Gasteiger partial charge in [0.25, 0.3) is 0 Å². The van der Waals surface area contributed by atoms with Gasteiger partial charge >= 0.3 is 12.1 Å². The summed E-state index contributed by atoms with van der Waals surface area (Å²) in [4.78, 5) is 0.